The highest BCUT2D eigenvalue weighted by molar-refractivity contribution is 5.76. The maximum absolute atomic E-state index is 13.4. The Morgan fingerprint density at radius 3 is 2.80 bits per heavy atom. The number of carbonyl (C=O) groups excluding carboxylic acids is 1. The second kappa shape index (κ2) is 7.77. The minimum Gasteiger partial charge on any atom is -0.327 e. The summed E-state index contributed by atoms with van der Waals surface area (Å²) in [7, 11) is 0. The van der Waals surface area contributed by atoms with Gasteiger partial charge in [0.1, 0.15) is 0 Å². The lowest BCUT2D eigenvalue weighted by Gasteiger charge is -2.42. The highest BCUT2D eigenvalue weighted by Gasteiger charge is 2.49. The number of rotatable bonds is 3. The second-order valence-electron chi connectivity index (χ2n) is 10.6. The normalized spacial score (nSPS) is 23.7. The third-order valence-electron chi connectivity index (χ3n) is 8.63. The largest absolute Gasteiger partial charge is 0.327 e. The Labute approximate surface area is 205 Å². The summed E-state index contributed by atoms with van der Waals surface area (Å²) in [5.41, 5.74) is 6.39. The van der Waals surface area contributed by atoms with Gasteiger partial charge in [-0.1, -0.05) is 12.1 Å². The van der Waals surface area contributed by atoms with E-state index < -0.39 is 0 Å². The Morgan fingerprint density at radius 2 is 1.97 bits per heavy atom. The second-order valence-corrected chi connectivity index (χ2v) is 10.6. The third kappa shape index (κ3) is 3.32. The molecule has 3 aromatic heterocycles. The average Bonchev–Trinajstić information content (AvgIpc) is 3.58. The van der Waals surface area contributed by atoms with E-state index in [2.05, 4.69) is 44.3 Å². The molecule has 7 nitrogen and oxygen atoms in total. The summed E-state index contributed by atoms with van der Waals surface area (Å²) in [5, 5.41) is 8.32. The number of hydrogen-bond acceptors (Lipinski definition) is 4. The summed E-state index contributed by atoms with van der Waals surface area (Å²) in [6, 6.07) is 10.5. The van der Waals surface area contributed by atoms with E-state index in [1.807, 2.05) is 35.5 Å². The Morgan fingerprint density at radius 1 is 1.06 bits per heavy atom. The van der Waals surface area contributed by atoms with Crippen LogP contribution in [-0.4, -0.2) is 43.8 Å². The molecule has 1 spiro atoms. The lowest BCUT2D eigenvalue weighted by molar-refractivity contribution is 0.151. The number of hydrogen-bond donors (Lipinski definition) is 1. The molecule has 1 saturated carbocycles. The zero-order valence-electron chi connectivity index (χ0n) is 19.9. The van der Waals surface area contributed by atoms with E-state index in [1.165, 1.54) is 11.3 Å². The van der Waals surface area contributed by atoms with Crippen molar-refractivity contribution in [2.45, 2.75) is 62.4 Å². The molecule has 2 aliphatic heterocycles. The van der Waals surface area contributed by atoms with Gasteiger partial charge in [-0.05, 0) is 80.9 Å². The highest BCUT2D eigenvalue weighted by Crippen LogP contribution is 2.45. The van der Waals surface area contributed by atoms with Crippen molar-refractivity contribution in [3.05, 3.63) is 71.4 Å². The third-order valence-corrected chi connectivity index (χ3v) is 8.63. The van der Waals surface area contributed by atoms with Crippen LogP contribution in [0.5, 0.6) is 0 Å². The van der Waals surface area contributed by atoms with E-state index in [-0.39, 0.29) is 17.0 Å². The zero-order chi connectivity index (χ0) is 23.5. The van der Waals surface area contributed by atoms with Crippen LogP contribution >= 0.6 is 0 Å². The van der Waals surface area contributed by atoms with Crippen LogP contribution in [0.4, 0.5) is 4.79 Å². The maximum Gasteiger partial charge on any atom is 0.318 e. The summed E-state index contributed by atoms with van der Waals surface area (Å²) < 4.78 is 2.16. The number of aromatic nitrogens is 4. The molecule has 2 fully saturated rings. The Kier molecular flexibility index (Phi) is 4.63. The fraction of sp³-hybridized carbons (Fsp3) is 0.429. The van der Waals surface area contributed by atoms with Crippen LogP contribution in [0, 0.1) is 0 Å². The summed E-state index contributed by atoms with van der Waals surface area (Å²) >= 11 is 0. The van der Waals surface area contributed by atoms with Crippen LogP contribution in [0.3, 0.4) is 0 Å². The molecule has 4 aliphatic rings. The number of pyridine rings is 2. The van der Waals surface area contributed by atoms with Gasteiger partial charge in [0.05, 0.1) is 22.6 Å². The lowest BCUT2D eigenvalue weighted by Crippen LogP contribution is -2.55. The van der Waals surface area contributed by atoms with Crippen molar-refractivity contribution in [3.63, 3.8) is 0 Å². The molecule has 3 aromatic rings. The number of nitrogens with one attached hydrogen (secondary N) is 1. The molecule has 7 heteroatoms. The van der Waals surface area contributed by atoms with E-state index >= 15 is 0 Å². The molecule has 1 saturated heterocycles. The molecule has 1 unspecified atom stereocenters. The number of nitrogens with zero attached hydrogens (tertiary/aromatic N) is 5. The smallest absolute Gasteiger partial charge is 0.318 e. The molecule has 1 atom stereocenters. The van der Waals surface area contributed by atoms with E-state index in [0.717, 1.165) is 87.2 Å². The SMILES string of the molecule is O=C(NC1(c2ccccn2)CCC1)N1CCC2(CCn3nc(-c4cnc5c(c4)CCC=C5)cc32)C1. The van der Waals surface area contributed by atoms with Gasteiger partial charge in [0.15, 0.2) is 0 Å². The van der Waals surface area contributed by atoms with Crippen LogP contribution in [0.2, 0.25) is 0 Å². The number of amides is 2. The minimum atomic E-state index is -0.312. The minimum absolute atomic E-state index is 0.00919. The molecular formula is C28H30N6O. The quantitative estimate of drug-likeness (QED) is 0.619. The standard InChI is InChI=1S/C28H30N6O/c35-26(31-28(9-5-10-28)24-8-3-4-13-29-24)33-14-11-27(19-33)12-15-34-25(27)17-23(32-34)21-16-20-6-1-2-7-22(20)30-18-21/h2-4,7-8,13,16-18H,1,5-6,9-12,14-15,19H2,(H,31,35). The van der Waals surface area contributed by atoms with Gasteiger partial charge in [0.25, 0.3) is 0 Å². The van der Waals surface area contributed by atoms with Crippen LogP contribution in [0.1, 0.15) is 61.2 Å². The molecule has 0 aromatic carbocycles. The van der Waals surface area contributed by atoms with Gasteiger partial charge in [-0.15, -0.1) is 0 Å². The van der Waals surface area contributed by atoms with Gasteiger partial charge in [-0.2, -0.15) is 5.10 Å². The fourth-order valence-electron chi connectivity index (χ4n) is 6.41. The number of carbonyl (C=O) groups is 1. The van der Waals surface area contributed by atoms with Crippen molar-refractivity contribution in [3.8, 4) is 11.3 Å². The van der Waals surface area contributed by atoms with Gasteiger partial charge < -0.3 is 10.2 Å². The van der Waals surface area contributed by atoms with Crippen molar-refractivity contribution in [1.29, 1.82) is 0 Å². The Bertz CT molecular complexity index is 1320. The number of urea groups is 1. The number of likely N-dealkylation sites (tertiary alicyclic amines) is 1. The first kappa shape index (κ1) is 20.9. The molecule has 0 radical (unpaired) electrons. The lowest BCUT2D eigenvalue weighted by atomic mass is 9.74. The predicted octanol–water partition coefficient (Wildman–Crippen LogP) is 4.44. The molecule has 178 valence electrons. The average molecular weight is 467 g/mol. The summed E-state index contributed by atoms with van der Waals surface area (Å²) in [6.07, 6.45) is 15.2. The maximum atomic E-state index is 13.4. The summed E-state index contributed by atoms with van der Waals surface area (Å²) in [5.74, 6) is 0. The first-order valence-corrected chi connectivity index (χ1v) is 12.9. The summed E-state index contributed by atoms with van der Waals surface area (Å²) in [6.45, 7) is 2.43. The van der Waals surface area contributed by atoms with Gasteiger partial charge in [-0.25, -0.2) is 4.79 Å². The van der Waals surface area contributed by atoms with Crippen molar-refractivity contribution in [2.24, 2.45) is 0 Å². The molecule has 35 heavy (non-hydrogen) atoms. The zero-order valence-corrected chi connectivity index (χ0v) is 19.9. The van der Waals surface area contributed by atoms with Gasteiger partial charge in [0, 0.05) is 48.7 Å². The van der Waals surface area contributed by atoms with Crippen LogP contribution in [0.15, 0.2) is 48.8 Å². The van der Waals surface area contributed by atoms with Crippen molar-refractivity contribution < 1.29 is 4.79 Å². The first-order valence-electron chi connectivity index (χ1n) is 12.9. The number of fused-ring (bicyclic) bond motifs is 3. The Hall–Kier alpha value is -3.48. The number of allylic oxidation sites excluding steroid dienone is 1. The molecule has 0 bridgehead atoms. The van der Waals surface area contributed by atoms with Crippen LogP contribution in [-0.2, 0) is 23.9 Å². The molecule has 1 N–H and O–H groups in total. The molecule has 5 heterocycles. The first-order chi connectivity index (χ1) is 17.1. The van der Waals surface area contributed by atoms with Crippen LogP contribution in [0.25, 0.3) is 17.3 Å². The van der Waals surface area contributed by atoms with E-state index in [4.69, 9.17) is 5.10 Å². The van der Waals surface area contributed by atoms with Gasteiger partial charge in [0.2, 0.25) is 0 Å². The van der Waals surface area contributed by atoms with Crippen molar-refractivity contribution >= 4 is 12.1 Å². The topological polar surface area (TPSA) is 75.9 Å². The number of aryl methyl sites for hydroxylation is 2. The molecule has 7 rings (SSSR count). The van der Waals surface area contributed by atoms with Crippen molar-refractivity contribution in [1.82, 2.24) is 30.0 Å². The fourth-order valence-corrected chi connectivity index (χ4v) is 6.41. The molecule has 2 aliphatic carbocycles. The van der Waals surface area contributed by atoms with E-state index in [0.29, 0.717) is 0 Å². The van der Waals surface area contributed by atoms with Gasteiger partial charge in [-0.3, -0.25) is 14.6 Å². The summed E-state index contributed by atoms with van der Waals surface area (Å²) in [4.78, 5) is 24.6. The van der Waals surface area contributed by atoms with Gasteiger partial charge >= 0.3 is 6.03 Å². The molecule has 2 amide bonds. The van der Waals surface area contributed by atoms with Crippen molar-refractivity contribution in [2.75, 3.05) is 13.1 Å². The monoisotopic (exact) mass is 466 g/mol. The van der Waals surface area contributed by atoms with E-state index in [9.17, 15) is 4.79 Å². The predicted molar refractivity (Wildman–Crippen MR) is 134 cm³/mol. The highest BCUT2D eigenvalue weighted by atomic mass is 16.2. The molecular weight excluding hydrogens is 436 g/mol. The Balaban J connectivity index is 1.11. The van der Waals surface area contributed by atoms with E-state index in [1.54, 1.807) is 0 Å². The van der Waals surface area contributed by atoms with Crippen LogP contribution < -0.4 is 5.32 Å².